The highest BCUT2D eigenvalue weighted by molar-refractivity contribution is 5.64. The summed E-state index contributed by atoms with van der Waals surface area (Å²) in [4.78, 5) is 0. The number of nitrogens with one attached hydrogen (secondary N) is 1. The first-order valence-corrected chi connectivity index (χ1v) is 6.84. The summed E-state index contributed by atoms with van der Waals surface area (Å²) in [6.07, 6.45) is 2.53. The van der Waals surface area contributed by atoms with Crippen LogP contribution < -0.4 is 10.1 Å². The zero-order valence-electron chi connectivity index (χ0n) is 11.2. The smallest absolute Gasteiger partial charge is 0.118 e. The van der Waals surface area contributed by atoms with Crippen LogP contribution in [0.15, 0.2) is 48.5 Å². The topological polar surface area (TPSA) is 21.3 Å². The molecule has 1 unspecified atom stereocenters. The van der Waals surface area contributed by atoms with E-state index in [1.807, 2.05) is 12.1 Å². The number of ether oxygens (including phenoxy) is 1. The van der Waals surface area contributed by atoms with Crippen molar-refractivity contribution in [3.05, 3.63) is 54.1 Å². The quantitative estimate of drug-likeness (QED) is 0.898. The summed E-state index contributed by atoms with van der Waals surface area (Å²) in [7, 11) is 1.69. The Bertz CT molecular complexity index is 524. The zero-order chi connectivity index (χ0) is 13.1. The fourth-order valence-electron chi connectivity index (χ4n) is 2.66. The van der Waals surface area contributed by atoms with E-state index in [0.29, 0.717) is 6.04 Å². The molecule has 1 fully saturated rings. The molecule has 1 atom stereocenters. The standard InChI is InChI=1S/C17H19NO/c1-19-16-10-8-14(9-11-16)13-4-6-15(7-5-13)17-3-2-12-18-17/h4-11,17-18H,2-3,12H2,1H3. The summed E-state index contributed by atoms with van der Waals surface area (Å²) in [6, 6.07) is 17.6. The minimum Gasteiger partial charge on any atom is -0.497 e. The van der Waals surface area contributed by atoms with Crippen molar-refractivity contribution in [1.82, 2.24) is 5.32 Å². The average Bonchev–Trinajstić information content (AvgIpc) is 3.02. The van der Waals surface area contributed by atoms with E-state index in [1.165, 1.54) is 29.5 Å². The average molecular weight is 253 g/mol. The molecule has 1 saturated heterocycles. The Labute approximate surface area is 114 Å². The molecule has 1 N–H and O–H groups in total. The van der Waals surface area contributed by atoms with Gasteiger partial charge in [0.2, 0.25) is 0 Å². The summed E-state index contributed by atoms with van der Waals surface area (Å²) >= 11 is 0. The van der Waals surface area contributed by atoms with Gasteiger partial charge in [-0.25, -0.2) is 0 Å². The molecule has 19 heavy (non-hydrogen) atoms. The summed E-state index contributed by atoms with van der Waals surface area (Å²) in [5, 5.41) is 3.53. The summed E-state index contributed by atoms with van der Waals surface area (Å²) < 4.78 is 5.18. The highest BCUT2D eigenvalue weighted by atomic mass is 16.5. The molecule has 2 aromatic carbocycles. The van der Waals surface area contributed by atoms with Crippen LogP contribution in [0.2, 0.25) is 0 Å². The van der Waals surface area contributed by atoms with E-state index in [1.54, 1.807) is 7.11 Å². The second kappa shape index (κ2) is 5.45. The van der Waals surface area contributed by atoms with Crippen LogP contribution in [0.3, 0.4) is 0 Å². The van der Waals surface area contributed by atoms with E-state index >= 15 is 0 Å². The number of rotatable bonds is 3. The molecule has 0 amide bonds. The monoisotopic (exact) mass is 253 g/mol. The number of methoxy groups -OCH3 is 1. The number of benzene rings is 2. The first-order chi connectivity index (χ1) is 9.36. The Morgan fingerprint density at radius 2 is 1.58 bits per heavy atom. The third-order valence-corrected chi connectivity index (χ3v) is 3.80. The molecular weight excluding hydrogens is 234 g/mol. The Morgan fingerprint density at radius 3 is 2.11 bits per heavy atom. The van der Waals surface area contributed by atoms with Crippen molar-refractivity contribution >= 4 is 0 Å². The van der Waals surface area contributed by atoms with Gasteiger partial charge in [0.15, 0.2) is 0 Å². The Kier molecular flexibility index (Phi) is 3.51. The lowest BCUT2D eigenvalue weighted by Gasteiger charge is -2.11. The molecule has 1 aliphatic rings. The van der Waals surface area contributed by atoms with Gasteiger partial charge in [0.05, 0.1) is 7.11 Å². The van der Waals surface area contributed by atoms with Gasteiger partial charge >= 0.3 is 0 Å². The first-order valence-electron chi connectivity index (χ1n) is 6.84. The maximum atomic E-state index is 5.18. The van der Waals surface area contributed by atoms with Crippen LogP contribution in [-0.4, -0.2) is 13.7 Å². The van der Waals surface area contributed by atoms with Crippen molar-refractivity contribution in [2.24, 2.45) is 0 Å². The van der Waals surface area contributed by atoms with Crippen molar-refractivity contribution in [1.29, 1.82) is 0 Å². The van der Waals surface area contributed by atoms with E-state index in [9.17, 15) is 0 Å². The predicted octanol–water partition coefficient (Wildman–Crippen LogP) is 3.79. The van der Waals surface area contributed by atoms with E-state index in [2.05, 4.69) is 41.7 Å². The molecule has 3 rings (SSSR count). The molecule has 1 aliphatic heterocycles. The van der Waals surface area contributed by atoms with Gasteiger partial charge in [-0.1, -0.05) is 36.4 Å². The lowest BCUT2D eigenvalue weighted by Crippen LogP contribution is -2.12. The summed E-state index contributed by atoms with van der Waals surface area (Å²) in [6.45, 7) is 1.14. The van der Waals surface area contributed by atoms with E-state index in [4.69, 9.17) is 4.74 Å². The van der Waals surface area contributed by atoms with Gasteiger partial charge in [-0.15, -0.1) is 0 Å². The molecule has 98 valence electrons. The van der Waals surface area contributed by atoms with Crippen molar-refractivity contribution in [3.8, 4) is 16.9 Å². The van der Waals surface area contributed by atoms with Gasteiger partial charge in [-0.2, -0.15) is 0 Å². The molecule has 0 aliphatic carbocycles. The molecule has 0 aromatic heterocycles. The minimum atomic E-state index is 0.546. The van der Waals surface area contributed by atoms with Crippen LogP contribution in [0.5, 0.6) is 5.75 Å². The third-order valence-electron chi connectivity index (χ3n) is 3.80. The van der Waals surface area contributed by atoms with Crippen LogP contribution in [-0.2, 0) is 0 Å². The van der Waals surface area contributed by atoms with E-state index in [0.717, 1.165) is 12.3 Å². The normalized spacial score (nSPS) is 18.5. The Morgan fingerprint density at radius 1 is 0.947 bits per heavy atom. The van der Waals surface area contributed by atoms with E-state index < -0.39 is 0 Å². The van der Waals surface area contributed by atoms with Crippen molar-refractivity contribution in [2.45, 2.75) is 18.9 Å². The van der Waals surface area contributed by atoms with Crippen LogP contribution in [0, 0.1) is 0 Å². The predicted molar refractivity (Wildman–Crippen MR) is 78.4 cm³/mol. The number of hydrogen-bond donors (Lipinski definition) is 1. The molecular formula is C17H19NO. The SMILES string of the molecule is COc1ccc(-c2ccc(C3CCCN3)cc2)cc1. The zero-order valence-corrected chi connectivity index (χ0v) is 11.2. The van der Waals surface area contributed by atoms with Gasteiger partial charge in [-0.3, -0.25) is 0 Å². The molecule has 1 heterocycles. The van der Waals surface area contributed by atoms with Crippen LogP contribution >= 0.6 is 0 Å². The molecule has 0 saturated carbocycles. The maximum absolute atomic E-state index is 5.18. The first kappa shape index (κ1) is 12.2. The summed E-state index contributed by atoms with van der Waals surface area (Å²) in [5.74, 6) is 0.899. The molecule has 2 aromatic rings. The van der Waals surface area contributed by atoms with Gasteiger partial charge in [-0.05, 0) is 48.2 Å². The molecule has 0 spiro atoms. The van der Waals surface area contributed by atoms with Gasteiger partial charge in [0, 0.05) is 6.04 Å². The van der Waals surface area contributed by atoms with Gasteiger partial charge in [0.25, 0.3) is 0 Å². The molecule has 2 heteroatoms. The van der Waals surface area contributed by atoms with E-state index in [-0.39, 0.29) is 0 Å². The Balaban J connectivity index is 1.80. The molecule has 0 bridgehead atoms. The molecule has 2 nitrogen and oxygen atoms in total. The summed E-state index contributed by atoms with van der Waals surface area (Å²) in [5.41, 5.74) is 3.88. The minimum absolute atomic E-state index is 0.546. The highest BCUT2D eigenvalue weighted by Crippen LogP contribution is 2.27. The fraction of sp³-hybridized carbons (Fsp3) is 0.294. The molecule has 0 radical (unpaired) electrons. The second-order valence-electron chi connectivity index (χ2n) is 5.00. The third kappa shape index (κ3) is 2.64. The lowest BCUT2D eigenvalue weighted by atomic mass is 10.00. The van der Waals surface area contributed by atoms with Crippen LogP contribution in [0.1, 0.15) is 24.4 Å². The second-order valence-corrected chi connectivity index (χ2v) is 5.00. The van der Waals surface area contributed by atoms with Crippen molar-refractivity contribution in [3.63, 3.8) is 0 Å². The lowest BCUT2D eigenvalue weighted by molar-refractivity contribution is 0.415. The van der Waals surface area contributed by atoms with Crippen LogP contribution in [0.4, 0.5) is 0 Å². The van der Waals surface area contributed by atoms with Crippen molar-refractivity contribution in [2.75, 3.05) is 13.7 Å². The fourth-order valence-corrected chi connectivity index (χ4v) is 2.66. The van der Waals surface area contributed by atoms with Crippen LogP contribution in [0.25, 0.3) is 11.1 Å². The maximum Gasteiger partial charge on any atom is 0.118 e. The van der Waals surface area contributed by atoms with Gasteiger partial charge < -0.3 is 10.1 Å². The van der Waals surface area contributed by atoms with Crippen molar-refractivity contribution < 1.29 is 4.74 Å². The Hall–Kier alpha value is -1.80. The number of hydrogen-bond acceptors (Lipinski definition) is 2. The van der Waals surface area contributed by atoms with Gasteiger partial charge in [0.1, 0.15) is 5.75 Å². The highest BCUT2D eigenvalue weighted by Gasteiger charge is 2.15. The largest absolute Gasteiger partial charge is 0.497 e.